The summed E-state index contributed by atoms with van der Waals surface area (Å²) < 4.78 is 0. The van der Waals surface area contributed by atoms with Gasteiger partial charge in [0, 0.05) is 0 Å². The topological polar surface area (TPSA) is 78.5 Å². The van der Waals surface area contributed by atoms with Crippen LogP contribution in [0.1, 0.15) is 13.3 Å². The minimum Gasteiger partial charge on any atom is -0.344 e. The van der Waals surface area contributed by atoms with Crippen molar-refractivity contribution in [3.05, 3.63) is 0 Å². The average molecular weight is 237 g/mol. The van der Waals surface area contributed by atoms with Crippen LogP contribution in [-0.4, -0.2) is 48.3 Å². The summed E-state index contributed by atoms with van der Waals surface area (Å²) >= 11 is 0. The van der Waals surface area contributed by atoms with Crippen molar-refractivity contribution in [2.45, 2.75) is 19.4 Å². The molecule has 1 unspecified atom stereocenters. The van der Waals surface area contributed by atoms with Crippen LogP contribution in [0.25, 0.3) is 0 Å². The van der Waals surface area contributed by atoms with E-state index in [1.807, 2.05) is 6.92 Å². The Balaban J connectivity index is 2.60. The van der Waals surface area contributed by atoms with Crippen LogP contribution in [0, 0.1) is 12.3 Å². The maximum Gasteiger partial charge on any atom is 0.243 e. The second kappa shape index (κ2) is 6.01. The molecule has 1 atom stereocenters. The highest BCUT2D eigenvalue weighted by molar-refractivity contribution is 6.01. The quantitative estimate of drug-likeness (QED) is 0.459. The Labute approximate surface area is 99.7 Å². The molecule has 6 heteroatoms. The Bertz CT molecular complexity index is 373. The highest BCUT2D eigenvalue weighted by Crippen LogP contribution is 2.08. The Morgan fingerprint density at radius 2 is 2.35 bits per heavy atom. The van der Waals surface area contributed by atoms with E-state index in [4.69, 9.17) is 6.42 Å². The summed E-state index contributed by atoms with van der Waals surface area (Å²) in [7, 11) is 0. The fraction of sp³-hybridized carbons (Fsp3) is 0.545. The standard InChI is InChI=1S/C11H15N3O3/c1-3-5-12-9(15)6-14-7-10(16)13-11(17)8(14)4-2/h1,8H,4-7H2,2H3,(H,12,15)(H,13,16,17). The summed E-state index contributed by atoms with van der Waals surface area (Å²) in [6, 6.07) is -0.440. The van der Waals surface area contributed by atoms with Crippen LogP contribution in [0.4, 0.5) is 0 Å². The maximum atomic E-state index is 11.5. The SMILES string of the molecule is C#CCNC(=O)CN1CC(=O)NC(=O)C1CC. The Hall–Kier alpha value is -1.87. The molecule has 0 saturated carbocycles. The van der Waals surface area contributed by atoms with E-state index in [-0.39, 0.29) is 37.4 Å². The lowest BCUT2D eigenvalue weighted by molar-refractivity contribution is -0.141. The maximum absolute atomic E-state index is 11.5. The van der Waals surface area contributed by atoms with E-state index in [0.717, 1.165) is 0 Å². The van der Waals surface area contributed by atoms with Gasteiger partial charge in [-0.25, -0.2) is 0 Å². The third-order valence-electron chi connectivity index (χ3n) is 2.47. The number of nitrogens with zero attached hydrogens (tertiary/aromatic N) is 1. The Morgan fingerprint density at radius 1 is 1.65 bits per heavy atom. The number of hydrogen-bond acceptors (Lipinski definition) is 4. The number of nitrogens with one attached hydrogen (secondary N) is 2. The van der Waals surface area contributed by atoms with E-state index in [2.05, 4.69) is 16.6 Å². The van der Waals surface area contributed by atoms with E-state index in [1.54, 1.807) is 4.90 Å². The van der Waals surface area contributed by atoms with Gasteiger partial charge < -0.3 is 5.32 Å². The van der Waals surface area contributed by atoms with Crippen molar-refractivity contribution in [1.82, 2.24) is 15.5 Å². The molecule has 6 nitrogen and oxygen atoms in total. The molecular formula is C11H15N3O3. The molecule has 0 aromatic carbocycles. The highest BCUT2D eigenvalue weighted by Gasteiger charge is 2.33. The predicted octanol–water partition coefficient (Wildman–Crippen LogP) is -1.53. The van der Waals surface area contributed by atoms with E-state index in [1.165, 1.54) is 0 Å². The van der Waals surface area contributed by atoms with Crippen molar-refractivity contribution in [2.75, 3.05) is 19.6 Å². The zero-order valence-electron chi connectivity index (χ0n) is 9.66. The molecule has 0 radical (unpaired) electrons. The van der Waals surface area contributed by atoms with Crippen LogP contribution >= 0.6 is 0 Å². The molecule has 0 aliphatic carbocycles. The molecule has 1 heterocycles. The molecule has 1 saturated heterocycles. The summed E-state index contributed by atoms with van der Waals surface area (Å²) in [5.74, 6) is 1.26. The van der Waals surface area contributed by atoms with Gasteiger partial charge in [-0.1, -0.05) is 12.8 Å². The normalized spacial score (nSPS) is 20.6. The van der Waals surface area contributed by atoms with E-state index in [0.29, 0.717) is 6.42 Å². The molecule has 1 aliphatic heterocycles. The number of amides is 3. The van der Waals surface area contributed by atoms with Gasteiger partial charge in [0.2, 0.25) is 17.7 Å². The zero-order valence-corrected chi connectivity index (χ0v) is 9.66. The molecule has 0 bridgehead atoms. The first-order valence-corrected chi connectivity index (χ1v) is 5.36. The summed E-state index contributed by atoms with van der Waals surface area (Å²) in [5, 5.41) is 4.74. The van der Waals surface area contributed by atoms with Crippen molar-refractivity contribution in [3.63, 3.8) is 0 Å². The second-order valence-electron chi connectivity index (χ2n) is 3.72. The minimum absolute atomic E-state index is 0.000648. The van der Waals surface area contributed by atoms with Gasteiger partial charge >= 0.3 is 0 Å². The van der Waals surface area contributed by atoms with Crippen molar-refractivity contribution in [2.24, 2.45) is 0 Å². The molecule has 1 fully saturated rings. The monoisotopic (exact) mass is 237 g/mol. The van der Waals surface area contributed by atoms with E-state index >= 15 is 0 Å². The van der Waals surface area contributed by atoms with Gasteiger partial charge in [-0.3, -0.25) is 24.6 Å². The number of hydrogen-bond donors (Lipinski definition) is 2. The lowest BCUT2D eigenvalue weighted by Crippen LogP contribution is -2.59. The number of carbonyl (C=O) groups excluding carboxylic acids is 3. The molecule has 0 aromatic rings. The van der Waals surface area contributed by atoms with Crippen molar-refractivity contribution >= 4 is 17.7 Å². The number of rotatable bonds is 4. The number of imide groups is 1. The summed E-state index contributed by atoms with van der Waals surface area (Å²) in [6.07, 6.45) is 5.55. The van der Waals surface area contributed by atoms with Gasteiger partial charge in [0.25, 0.3) is 0 Å². The van der Waals surface area contributed by atoms with E-state index < -0.39 is 6.04 Å². The Kier molecular flexibility index (Phi) is 4.67. The fourth-order valence-electron chi connectivity index (χ4n) is 1.72. The van der Waals surface area contributed by atoms with Crippen molar-refractivity contribution in [3.8, 4) is 12.3 Å². The van der Waals surface area contributed by atoms with Crippen molar-refractivity contribution in [1.29, 1.82) is 0 Å². The fourth-order valence-corrected chi connectivity index (χ4v) is 1.72. The largest absolute Gasteiger partial charge is 0.344 e. The molecule has 1 rings (SSSR count). The van der Waals surface area contributed by atoms with Crippen molar-refractivity contribution < 1.29 is 14.4 Å². The van der Waals surface area contributed by atoms with Gasteiger partial charge in [-0.2, -0.15) is 0 Å². The summed E-state index contributed by atoms with van der Waals surface area (Å²) in [6.45, 7) is 2.02. The minimum atomic E-state index is -0.440. The molecule has 3 amide bonds. The number of carbonyl (C=O) groups is 3. The predicted molar refractivity (Wildman–Crippen MR) is 60.6 cm³/mol. The highest BCUT2D eigenvalue weighted by atomic mass is 16.2. The van der Waals surface area contributed by atoms with Crippen LogP contribution in [0.3, 0.4) is 0 Å². The summed E-state index contributed by atoms with van der Waals surface area (Å²) in [5.41, 5.74) is 0. The lowest BCUT2D eigenvalue weighted by atomic mass is 10.1. The molecule has 0 aromatic heterocycles. The average Bonchev–Trinajstić information content (AvgIpc) is 2.25. The van der Waals surface area contributed by atoms with Gasteiger partial charge in [-0.05, 0) is 6.42 Å². The first kappa shape index (κ1) is 13.2. The molecule has 0 spiro atoms. The molecule has 92 valence electrons. The second-order valence-corrected chi connectivity index (χ2v) is 3.72. The molecule has 1 aliphatic rings. The first-order chi connectivity index (χ1) is 8.08. The lowest BCUT2D eigenvalue weighted by Gasteiger charge is -2.32. The van der Waals surface area contributed by atoms with Crippen LogP contribution in [0.2, 0.25) is 0 Å². The first-order valence-electron chi connectivity index (χ1n) is 5.36. The van der Waals surface area contributed by atoms with Gasteiger partial charge in [0.15, 0.2) is 0 Å². The smallest absolute Gasteiger partial charge is 0.243 e. The Morgan fingerprint density at radius 3 is 2.94 bits per heavy atom. The third-order valence-corrected chi connectivity index (χ3v) is 2.47. The summed E-state index contributed by atoms with van der Waals surface area (Å²) in [4.78, 5) is 35.7. The number of terminal acetylenes is 1. The molecule has 17 heavy (non-hydrogen) atoms. The molecule has 2 N–H and O–H groups in total. The van der Waals surface area contributed by atoms with E-state index in [9.17, 15) is 14.4 Å². The van der Waals surface area contributed by atoms with Crippen LogP contribution in [-0.2, 0) is 14.4 Å². The number of piperazine rings is 1. The zero-order chi connectivity index (χ0) is 12.8. The van der Waals surface area contributed by atoms with Crippen LogP contribution < -0.4 is 10.6 Å². The van der Waals surface area contributed by atoms with Crippen LogP contribution in [0.5, 0.6) is 0 Å². The van der Waals surface area contributed by atoms with Crippen LogP contribution in [0.15, 0.2) is 0 Å². The van der Waals surface area contributed by atoms with Gasteiger partial charge in [-0.15, -0.1) is 6.42 Å². The molecular weight excluding hydrogens is 222 g/mol. The van der Waals surface area contributed by atoms with Gasteiger partial charge in [0.05, 0.1) is 25.7 Å². The van der Waals surface area contributed by atoms with Gasteiger partial charge in [0.1, 0.15) is 0 Å². The third kappa shape index (κ3) is 3.57.